The number of nitrogens with one attached hydrogen (secondary N) is 3. The summed E-state index contributed by atoms with van der Waals surface area (Å²) < 4.78 is 32.4. The number of hydrogen-bond acceptors (Lipinski definition) is 6. The lowest BCUT2D eigenvalue weighted by atomic mass is 10.3. The molecule has 3 rings (SSSR count). The third kappa shape index (κ3) is 4.32. The second-order valence-corrected chi connectivity index (χ2v) is 7.22. The fraction of sp³-hybridized carbons (Fsp3) is 0.333. The Morgan fingerprint density at radius 1 is 1.28 bits per heavy atom. The average Bonchev–Trinajstić information content (AvgIpc) is 3.09. The Morgan fingerprint density at radius 3 is 2.76 bits per heavy atom. The van der Waals surface area contributed by atoms with Crippen molar-refractivity contribution in [3.05, 3.63) is 30.5 Å². The molecule has 1 aliphatic rings. The van der Waals surface area contributed by atoms with Crippen molar-refractivity contribution in [3.8, 4) is 11.4 Å². The Balaban J connectivity index is 1.75. The molecule has 2 aromatic heterocycles. The Kier molecular flexibility index (Phi) is 5.27. The van der Waals surface area contributed by atoms with Gasteiger partial charge >= 0.3 is 0 Å². The van der Waals surface area contributed by atoms with Crippen molar-refractivity contribution < 1.29 is 8.78 Å². The highest BCUT2D eigenvalue weighted by Gasteiger charge is 2.16. The molecule has 25 heavy (non-hydrogen) atoms. The molecule has 10 heteroatoms. The van der Waals surface area contributed by atoms with Crippen molar-refractivity contribution >= 4 is 28.3 Å². The largest absolute Gasteiger partial charge is 0.355 e. The smallest absolute Gasteiger partial charge is 0.279 e. The van der Waals surface area contributed by atoms with Crippen LogP contribution >= 0.6 is 0 Å². The van der Waals surface area contributed by atoms with Crippen LogP contribution in [0.25, 0.3) is 17.5 Å². The molecule has 0 radical (unpaired) electrons. The van der Waals surface area contributed by atoms with E-state index in [-0.39, 0.29) is 10.7 Å². The van der Waals surface area contributed by atoms with Gasteiger partial charge in [-0.1, -0.05) is 0 Å². The maximum Gasteiger partial charge on any atom is 0.279 e. The van der Waals surface area contributed by atoms with Crippen molar-refractivity contribution in [1.29, 1.82) is 10.2 Å². The number of imidazole rings is 1. The van der Waals surface area contributed by atoms with Gasteiger partial charge in [0.15, 0.2) is 0 Å². The van der Waals surface area contributed by atoms with Gasteiger partial charge in [-0.3, -0.25) is 10.2 Å². The average molecular weight is 365 g/mol. The highest BCUT2D eigenvalue weighted by Crippen LogP contribution is 2.20. The van der Waals surface area contributed by atoms with Crippen LogP contribution in [0.1, 0.15) is 5.82 Å². The molecule has 1 aliphatic heterocycles. The fourth-order valence-corrected chi connectivity index (χ4v) is 3.43. The zero-order valence-corrected chi connectivity index (χ0v) is 14.1. The molecule has 0 saturated carbocycles. The first kappa shape index (κ1) is 17.3. The summed E-state index contributed by atoms with van der Waals surface area (Å²) in [6.45, 7) is 1.60. The summed E-state index contributed by atoms with van der Waals surface area (Å²) in [5, 5.41) is 7.10. The van der Waals surface area contributed by atoms with E-state index < -0.39 is 12.1 Å². The number of nitrogens with zero attached hydrogens (tertiary/aromatic N) is 4. The summed E-state index contributed by atoms with van der Waals surface area (Å²) in [6, 6.07) is 1.84. The van der Waals surface area contributed by atoms with Gasteiger partial charge in [0.2, 0.25) is 0 Å². The van der Waals surface area contributed by atoms with Crippen LogP contribution < -0.4 is 4.90 Å². The first-order valence-electron chi connectivity index (χ1n) is 7.58. The summed E-state index contributed by atoms with van der Waals surface area (Å²) in [5.41, 5.74) is 0.529. The number of aromatic amines is 1. The lowest BCUT2D eigenvalue weighted by Gasteiger charge is -2.28. The number of aromatic nitrogens is 4. The molecular weight excluding hydrogens is 348 g/mol. The van der Waals surface area contributed by atoms with E-state index in [1.165, 1.54) is 12.4 Å². The minimum Gasteiger partial charge on any atom is -0.355 e. The minimum atomic E-state index is -2.80. The van der Waals surface area contributed by atoms with Crippen molar-refractivity contribution in [2.75, 3.05) is 29.5 Å². The number of hydrogen-bond donors (Lipinski definition) is 3. The summed E-state index contributed by atoms with van der Waals surface area (Å²) in [7, 11) is -0.262. The van der Waals surface area contributed by atoms with E-state index in [0.717, 1.165) is 36.5 Å². The van der Waals surface area contributed by atoms with Crippen LogP contribution in [0, 0.1) is 10.2 Å². The Labute approximate surface area is 145 Å². The van der Waals surface area contributed by atoms with Gasteiger partial charge in [0.05, 0.1) is 23.3 Å². The molecule has 2 aromatic rings. The van der Waals surface area contributed by atoms with Crippen molar-refractivity contribution in [1.82, 2.24) is 19.9 Å². The van der Waals surface area contributed by atoms with E-state index in [4.69, 9.17) is 10.2 Å². The third-order valence-corrected chi connectivity index (χ3v) is 5.07. The highest BCUT2D eigenvalue weighted by atomic mass is 32.2. The Hall–Kier alpha value is -2.49. The summed E-state index contributed by atoms with van der Waals surface area (Å²) >= 11 is 0. The Morgan fingerprint density at radius 2 is 2.04 bits per heavy atom. The molecule has 0 unspecified atom stereocenters. The number of alkyl halides is 2. The predicted molar refractivity (Wildman–Crippen MR) is 94.4 cm³/mol. The van der Waals surface area contributed by atoms with Gasteiger partial charge in [0, 0.05) is 30.7 Å². The SMILES string of the molecule is N=C(/C=C\c1ncc(-c2cc(N3CCS(=N)CC3)ncn2)[nH]1)C(F)F. The zero-order valence-electron chi connectivity index (χ0n) is 13.2. The summed E-state index contributed by atoms with van der Waals surface area (Å²) in [6.07, 6.45) is 2.59. The second-order valence-electron chi connectivity index (χ2n) is 5.42. The topological polar surface area (TPSA) is 105 Å². The number of allylic oxidation sites excluding steroid dienone is 1. The molecular formula is C15H17F2N7S. The molecule has 7 nitrogen and oxygen atoms in total. The second kappa shape index (κ2) is 7.60. The van der Waals surface area contributed by atoms with Crippen LogP contribution in [0.4, 0.5) is 14.6 Å². The molecule has 0 spiro atoms. The lowest BCUT2D eigenvalue weighted by molar-refractivity contribution is 0.226. The van der Waals surface area contributed by atoms with Crippen LogP contribution in [0.15, 0.2) is 24.7 Å². The van der Waals surface area contributed by atoms with E-state index in [0.29, 0.717) is 17.2 Å². The third-order valence-electron chi connectivity index (χ3n) is 3.72. The van der Waals surface area contributed by atoms with E-state index in [1.54, 1.807) is 6.20 Å². The summed E-state index contributed by atoms with van der Waals surface area (Å²) in [4.78, 5) is 17.7. The van der Waals surface area contributed by atoms with Gasteiger partial charge in [0.1, 0.15) is 18.0 Å². The lowest BCUT2D eigenvalue weighted by Crippen LogP contribution is -2.37. The van der Waals surface area contributed by atoms with Crippen LogP contribution in [-0.2, 0) is 10.7 Å². The molecule has 0 bridgehead atoms. The molecule has 1 fully saturated rings. The number of anilines is 1. The number of H-pyrrole nitrogens is 1. The van der Waals surface area contributed by atoms with Gasteiger partial charge in [-0.05, 0) is 12.2 Å². The molecule has 0 amide bonds. The van der Waals surface area contributed by atoms with E-state index in [9.17, 15) is 8.78 Å². The van der Waals surface area contributed by atoms with Gasteiger partial charge in [-0.15, -0.1) is 10.7 Å². The van der Waals surface area contributed by atoms with Crippen LogP contribution in [0.5, 0.6) is 0 Å². The quantitative estimate of drug-likeness (QED) is 0.707. The fourth-order valence-electron chi connectivity index (χ4n) is 2.34. The maximum atomic E-state index is 12.3. The normalized spacial score (nSPS) is 16.0. The molecule has 0 aromatic carbocycles. The van der Waals surface area contributed by atoms with Crippen LogP contribution in [0.2, 0.25) is 0 Å². The van der Waals surface area contributed by atoms with Crippen molar-refractivity contribution in [3.63, 3.8) is 0 Å². The van der Waals surface area contributed by atoms with E-state index >= 15 is 0 Å². The van der Waals surface area contributed by atoms with Gasteiger partial charge in [-0.2, -0.15) is 0 Å². The van der Waals surface area contributed by atoms with Crippen LogP contribution in [0.3, 0.4) is 0 Å². The summed E-state index contributed by atoms with van der Waals surface area (Å²) in [5.74, 6) is 2.85. The van der Waals surface area contributed by atoms with Gasteiger partial charge in [-0.25, -0.2) is 23.7 Å². The first-order valence-corrected chi connectivity index (χ1v) is 9.15. The minimum absolute atomic E-state index is 0.262. The van der Waals surface area contributed by atoms with Gasteiger partial charge in [0.25, 0.3) is 6.43 Å². The molecule has 3 N–H and O–H groups in total. The first-order chi connectivity index (χ1) is 12.0. The Bertz CT molecular complexity index is 808. The van der Waals surface area contributed by atoms with E-state index in [1.807, 2.05) is 6.07 Å². The van der Waals surface area contributed by atoms with Crippen LogP contribution in [-0.4, -0.2) is 56.7 Å². The molecule has 0 aliphatic carbocycles. The molecule has 3 heterocycles. The number of halogens is 2. The molecule has 0 atom stereocenters. The van der Waals surface area contributed by atoms with Crippen molar-refractivity contribution in [2.45, 2.75) is 6.43 Å². The standard InChI is InChI=1S/C15H17F2N7S/c16-15(17)10(18)1-2-13-20-8-12(23-13)11-7-14(22-9-21-11)24-3-5-25(19)6-4-24/h1-2,7-9,15,18-19H,3-6H2,(H,20,23)/b2-1-,18-10?. The predicted octanol–water partition coefficient (Wildman–Crippen LogP) is 2.37. The van der Waals surface area contributed by atoms with E-state index in [2.05, 4.69) is 24.8 Å². The molecule has 1 saturated heterocycles. The highest BCUT2D eigenvalue weighted by molar-refractivity contribution is 7.86. The van der Waals surface area contributed by atoms with Gasteiger partial charge < -0.3 is 9.88 Å². The number of rotatable bonds is 5. The van der Waals surface area contributed by atoms with Crippen molar-refractivity contribution in [2.24, 2.45) is 0 Å². The monoisotopic (exact) mass is 365 g/mol. The maximum absolute atomic E-state index is 12.3. The zero-order chi connectivity index (χ0) is 17.8. The molecule has 132 valence electrons.